The van der Waals surface area contributed by atoms with Gasteiger partial charge in [0.15, 0.2) is 17.1 Å². The van der Waals surface area contributed by atoms with Crippen LogP contribution in [0.4, 0.5) is 0 Å². The van der Waals surface area contributed by atoms with Crippen LogP contribution in [0.3, 0.4) is 0 Å². The van der Waals surface area contributed by atoms with Crippen molar-refractivity contribution in [3.8, 4) is 17.6 Å². The van der Waals surface area contributed by atoms with Gasteiger partial charge in [-0.1, -0.05) is 66.2 Å². The van der Waals surface area contributed by atoms with Crippen LogP contribution in [0, 0.1) is 23.2 Å². The van der Waals surface area contributed by atoms with Gasteiger partial charge in [0.2, 0.25) is 9.40 Å². The Labute approximate surface area is 207 Å². The van der Waals surface area contributed by atoms with Crippen molar-refractivity contribution in [2.45, 2.75) is 86.0 Å². The highest BCUT2D eigenvalue weighted by Gasteiger charge is 2.28. The molecule has 2 atom stereocenters. The number of aliphatic hydroxyl groups is 1. The summed E-state index contributed by atoms with van der Waals surface area (Å²) in [5, 5.41) is 19.6. The average Bonchev–Trinajstić information content (AvgIpc) is 3.25. The zero-order valence-electron chi connectivity index (χ0n) is 20.9. The molecule has 182 valence electrons. The smallest absolute Gasteiger partial charge is 0.300 e. The standard InChI is InChI=1S/C27H39NO3S2/c1-6-10-12-20(8-3)17-30-23-14-15-24(31-18-21(9-4)13-11-7-2)26-25(23)32-27(33-26)22(16-28)19(5)29/h14-15,20-21H,6-13,17-18H2,1-5H3/p+1. The molecule has 0 spiro atoms. The second-order valence-electron chi connectivity index (χ2n) is 8.74. The number of aliphatic hydroxyl groups excluding tert-OH is 1. The first-order valence-electron chi connectivity index (χ1n) is 12.4. The molecule has 4 nitrogen and oxygen atoms in total. The summed E-state index contributed by atoms with van der Waals surface area (Å²) >= 11 is 3.01. The summed E-state index contributed by atoms with van der Waals surface area (Å²) in [5.41, 5.74) is 0.321. The average molecular weight is 491 g/mol. The van der Waals surface area contributed by atoms with Crippen molar-refractivity contribution in [1.82, 2.24) is 0 Å². The third-order valence-corrected chi connectivity index (χ3v) is 8.77. The molecule has 1 aromatic carbocycles. The van der Waals surface area contributed by atoms with E-state index in [1.54, 1.807) is 6.92 Å². The van der Waals surface area contributed by atoms with Gasteiger partial charge in [-0.3, -0.25) is 0 Å². The number of benzene rings is 1. The van der Waals surface area contributed by atoms with E-state index in [1.165, 1.54) is 61.2 Å². The predicted molar refractivity (Wildman–Crippen MR) is 143 cm³/mol. The summed E-state index contributed by atoms with van der Waals surface area (Å²) in [6, 6.07) is 6.16. The molecule has 6 heteroatoms. The van der Waals surface area contributed by atoms with Crippen molar-refractivity contribution in [3.63, 3.8) is 0 Å². The maximum atomic E-state index is 10.0. The van der Waals surface area contributed by atoms with E-state index in [0.717, 1.165) is 37.9 Å². The lowest BCUT2D eigenvalue weighted by Crippen LogP contribution is -2.12. The normalized spacial score (nSPS) is 13.9. The van der Waals surface area contributed by atoms with Crippen molar-refractivity contribution in [2.75, 3.05) is 13.2 Å². The van der Waals surface area contributed by atoms with Crippen molar-refractivity contribution >= 4 is 37.6 Å². The molecule has 1 heterocycles. The van der Waals surface area contributed by atoms with Gasteiger partial charge in [-0.2, -0.15) is 5.26 Å². The lowest BCUT2D eigenvalue weighted by Gasteiger charge is -2.17. The number of hydrogen-bond donors (Lipinski definition) is 1. The number of fused-ring (bicyclic) bond motifs is 1. The Morgan fingerprint density at radius 3 is 2.03 bits per heavy atom. The van der Waals surface area contributed by atoms with Crippen molar-refractivity contribution in [2.24, 2.45) is 11.8 Å². The first-order valence-corrected chi connectivity index (χ1v) is 14.1. The van der Waals surface area contributed by atoms with E-state index < -0.39 is 0 Å². The molecule has 1 aromatic heterocycles. The van der Waals surface area contributed by atoms with E-state index in [9.17, 15) is 10.4 Å². The molecular weight excluding hydrogens is 450 g/mol. The third-order valence-electron chi connectivity index (χ3n) is 6.14. The molecule has 0 radical (unpaired) electrons. The molecular formula is C27H40NO3S2+. The molecule has 0 bridgehead atoms. The molecule has 0 fully saturated rings. The number of ether oxygens (including phenoxy) is 2. The van der Waals surface area contributed by atoms with Gasteiger partial charge in [-0.05, 0) is 43.7 Å². The van der Waals surface area contributed by atoms with E-state index in [2.05, 4.69) is 33.8 Å². The molecule has 2 unspecified atom stereocenters. The summed E-state index contributed by atoms with van der Waals surface area (Å²) < 4.78 is 15.4. The Morgan fingerprint density at radius 1 is 1.00 bits per heavy atom. The fraction of sp³-hybridized carbons (Fsp3) is 0.630. The van der Waals surface area contributed by atoms with Gasteiger partial charge in [0.1, 0.15) is 34.5 Å². The van der Waals surface area contributed by atoms with Crippen LogP contribution in [0.2, 0.25) is 0 Å². The quantitative estimate of drug-likeness (QED) is 0.153. The van der Waals surface area contributed by atoms with Crippen LogP contribution in [0.15, 0.2) is 17.9 Å². The molecule has 0 aliphatic carbocycles. The largest absolute Gasteiger partial charge is 0.511 e. The van der Waals surface area contributed by atoms with E-state index in [1.807, 2.05) is 12.1 Å². The summed E-state index contributed by atoms with van der Waals surface area (Å²) in [6.45, 7) is 11.8. The highest BCUT2D eigenvalue weighted by atomic mass is 32.2. The maximum absolute atomic E-state index is 10.0. The van der Waals surface area contributed by atoms with Crippen LogP contribution in [-0.2, 0) is 0 Å². The van der Waals surface area contributed by atoms with Gasteiger partial charge in [0.05, 0.1) is 13.2 Å². The Bertz CT molecular complexity index is 884. The van der Waals surface area contributed by atoms with Crippen molar-refractivity contribution < 1.29 is 14.6 Å². The van der Waals surface area contributed by atoms with Crippen molar-refractivity contribution in [3.05, 3.63) is 22.1 Å². The van der Waals surface area contributed by atoms with E-state index >= 15 is 0 Å². The maximum Gasteiger partial charge on any atom is 0.300 e. The topological polar surface area (TPSA) is 62.5 Å². The van der Waals surface area contributed by atoms with Crippen LogP contribution < -0.4 is 9.47 Å². The molecule has 1 N–H and O–H groups in total. The highest BCUT2D eigenvalue weighted by Crippen LogP contribution is 2.46. The fourth-order valence-electron chi connectivity index (χ4n) is 3.74. The molecule has 0 saturated heterocycles. The van der Waals surface area contributed by atoms with E-state index in [0.29, 0.717) is 30.6 Å². The zero-order chi connectivity index (χ0) is 24.2. The minimum atomic E-state index is 0.0430. The molecule has 0 aliphatic rings. The van der Waals surface area contributed by atoms with E-state index in [4.69, 9.17) is 9.47 Å². The number of allylic oxidation sites excluding steroid dienone is 2. The Kier molecular flexibility index (Phi) is 12.0. The Hall–Kier alpha value is -1.84. The molecule has 2 aromatic rings. The van der Waals surface area contributed by atoms with Crippen LogP contribution in [0.25, 0.3) is 15.0 Å². The highest BCUT2D eigenvalue weighted by molar-refractivity contribution is 7.40. The molecule has 33 heavy (non-hydrogen) atoms. The molecule has 2 rings (SSSR count). The first kappa shape index (κ1) is 27.4. The van der Waals surface area contributed by atoms with Crippen LogP contribution in [0.1, 0.15) is 90.2 Å². The van der Waals surface area contributed by atoms with Gasteiger partial charge in [-0.15, -0.1) is 0 Å². The number of hydrogen-bond acceptors (Lipinski definition) is 5. The van der Waals surface area contributed by atoms with Gasteiger partial charge in [0.25, 0.3) is 4.19 Å². The SMILES string of the molecule is CCCCC(CC)COc1ccc(OCC(CC)CCCC)c2[s+]c(C(C#N)=C(C)O)sc12. The third kappa shape index (κ3) is 7.86. The summed E-state index contributed by atoms with van der Waals surface area (Å²) in [5.74, 6) is 2.80. The number of rotatable bonds is 15. The second kappa shape index (κ2) is 14.4. The van der Waals surface area contributed by atoms with Crippen molar-refractivity contribution in [1.29, 1.82) is 5.26 Å². The minimum Gasteiger partial charge on any atom is -0.511 e. The monoisotopic (exact) mass is 490 g/mol. The van der Waals surface area contributed by atoms with Crippen LogP contribution in [0.5, 0.6) is 11.5 Å². The van der Waals surface area contributed by atoms with Gasteiger partial charge < -0.3 is 14.6 Å². The number of unbranched alkanes of at least 4 members (excludes halogenated alkanes) is 2. The van der Waals surface area contributed by atoms with Gasteiger partial charge in [-0.25, -0.2) is 0 Å². The zero-order valence-corrected chi connectivity index (χ0v) is 22.5. The van der Waals surface area contributed by atoms with Gasteiger partial charge >= 0.3 is 0 Å². The second-order valence-corrected chi connectivity index (χ2v) is 11.0. The van der Waals surface area contributed by atoms with E-state index in [-0.39, 0.29) is 5.76 Å². The fourth-order valence-corrected chi connectivity index (χ4v) is 6.46. The number of nitriles is 1. The Morgan fingerprint density at radius 2 is 1.55 bits per heavy atom. The summed E-state index contributed by atoms with van der Waals surface area (Å²) in [6.07, 6.45) is 9.39. The summed E-state index contributed by atoms with van der Waals surface area (Å²) in [4.78, 5) is 0. The lowest BCUT2D eigenvalue weighted by molar-refractivity contribution is 0.231. The molecule has 0 saturated carbocycles. The first-order chi connectivity index (χ1) is 16.0. The summed E-state index contributed by atoms with van der Waals surface area (Å²) in [7, 11) is 0. The Balaban J connectivity index is 2.35. The predicted octanol–water partition coefficient (Wildman–Crippen LogP) is 9.25. The molecule has 0 amide bonds. The number of nitrogens with zero attached hydrogens (tertiary/aromatic N) is 1. The van der Waals surface area contributed by atoms with Crippen LogP contribution in [-0.4, -0.2) is 18.3 Å². The van der Waals surface area contributed by atoms with Gasteiger partial charge in [0, 0.05) is 0 Å². The minimum absolute atomic E-state index is 0.0430. The molecule has 0 aliphatic heterocycles. The van der Waals surface area contributed by atoms with Crippen LogP contribution >= 0.6 is 22.7 Å². The lowest BCUT2D eigenvalue weighted by atomic mass is 10.0.